The summed E-state index contributed by atoms with van der Waals surface area (Å²) in [6.07, 6.45) is 1.37. The molecule has 0 bridgehead atoms. The van der Waals surface area contributed by atoms with Crippen molar-refractivity contribution in [3.63, 3.8) is 0 Å². The van der Waals surface area contributed by atoms with Gasteiger partial charge in [0, 0.05) is 39.3 Å². The molecule has 2 unspecified atom stereocenters. The lowest BCUT2D eigenvalue weighted by atomic mass is 9.72. The van der Waals surface area contributed by atoms with Crippen molar-refractivity contribution in [1.29, 1.82) is 0 Å². The Kier molecular flexibility index (Phi) is 7.18. The molecule has 3 rings (SSSR count). The number of rotatable bonds is 6. The van der Waals surface area contributed by atoms with Crippen LogP contribution in [0.1, 0.15) is 69.1 Å². The number of piperazine rings is 1. The number of nitrogens with one attached hydrogen (secondary N) is 1. The highest BCUT2D eigenvalue weighted by Gasteiger charge is 2.41. The van der Waals surface area contributed by atoms with Gasteiger partial charge in [-0.15, -0.1) is 0 Å². The molecular formula is C23H35F3N4O. The van der Waals surface area contributed by atoms with Gasteiger partial charge in [0.05, 0.1) is 5.69 Å². The molecule has 31 heavy (non-hydrogen) atoms. The normalized spacial score (nSPS) is 23.3. The maximum atomic E-state index is 13.7. The molecule has 1 aromatic heterocycles. The van der Waals surface area contributed by atoms with Crippen molar-refractivity contribution in [2.45, 2.75) is 65.1 Å². The molecule has 8 heteroatoms. The molecule has 1 aliphatic carbocycles. The van der Waals surface area contributed by atoms with Crippen LogP contribution in [0.2, 0.25) is 0 Å². The predicted octanol–water partition coefficient (Wildman–Crippen LogP) is 4.58. The monoisotopic (exact) mass is 440 g/mol. The first-order valence-corrected chi connectivity index (χ1v) is 11.4. The van der Waals surface area contributed by atoms with Crippen LogP contribution in [0, 0.1) is 11.3 Å². The predicted molar refractivity (Wildman–Crippen MR) is 116 cm³/mol. The van der Waals surface area contributed by atoms with Crippen LogP contribution in [0.15, 0.2) is 12.1 Å². The van der Waals surface area contributed by atoms with E-state index in [1.807, 2.05) is 0 Å². The molecule has 2 fully saturated rings. The molecule has 1 saturated carbocycles. The van der Waals surface area contributed by atoms with Gasteiger partial charge in [0.15, 0.2) is 5.69 Å². The van der Waals surface area contributed by atoms with Crippen LogP contribution in [0.25, 0.3) is 0 Å². The number of aromatic nitrogens is 1. The molecular weight excluding hydrogens is 405 g/mol. The van der Waals surface area contributed by atoms with E-state index >= 15 is 0 Å². The number of hydrogen-bond acceptors (Lipinski definition) is 4. The average Bonchev–Trinajstić information content (AvgIpc) is 3.28. The second-order valence-electron chi connectivity index (χ2n) is 9.19. The van der Waals surface area contributed by atoms with E-state index in [1.165, 1.54) is 51.3 Å². The van der Waals surface area contributed by atoms with Crippen LogP contribution < -0.4 is 10.2 Å². The summed E-state index contributed by atoms with van der Waals surface area (Å²) in [7, 11) is 1.38. The van der Waals surface area contributed by atoms with E-state index in [4.69, 9.17) is 0 Å². The number of pyridine rings is 1. The minimum Gasteiger partial charge on any atom is -0.367 e. The molecule has 1 N–H and O–H groups in total. The van der Waals surface area contributed by atoms with Crippen molar-refractivity contribution in [1.82, 2.24) is 15.2 Å². The lowest BCUT2D eigenvalue weighted by Gasteiger charge is -2.40. The summed E-state index contributed by atoms with van der Waals surface area (Å²) in [5, 5.41) is 2.33. The molecule has 1 aliphatic heterocycles. The van der Waals surface area contributed by atoms with E-state index in [0.717, 1.165) is 19.0 Å². The smallest absolute Gasteiger partial charge is 0.367 e. The Hall–Kier alpha value is -1.83. The maximum absolute atomic E-state index is 13.7. The van der Waals surface area contributed by atoms with Gasteiger partial charge in [0.2, 0.25) is 0 Å². The second kappa shape index (κ2) is 9.35. The number of nitrogens with zero attached hydrogens (tertiary/aromatic N) is 3. The summed E-state index contributed by atoms with van der Waals surface area (Å²) in [4.78, 5) is 19.6. The second-order valence-corrected chi connectivity index (χ2v) is 9.19. The Morgan fingerprint density at radius 2 is 1.77 bits per heavy atom. The highest BCUT2D eigenvalue weighted by atomic mass is 19.4. The van der Waals surface area contributed by atoms with E-state index in [9.17, 15) is 18.0 Å². The van der Waals surface area contributed by atoms with E-state index < -0.39 is 17.8 Å². The maximum Gasteiger partial charge on any atom is 0.435 e. The highest BCUT2D eigenvalue weighted by molar-refractivity contribution is 5.92. The van der Waals surface area contributed by atoms with Crippen LogP contribution in [0.5, 0.6) is 0 Å². The van der Waals surface area contributed by atoms with Gasteiger partial charge in [-0.25, -0.2) is 4.98 Å². The van der Waals surface area contributed by atoms with Crippen LogP contribution in [-0.4, -0.2) is 55.1 Å². The van der Waals surface area contributed by atoms with Crippen molar-refractivity contribution in [3.05, 3.63) is 23.5 Å². The number of anilines is 1. The Morgan fingerprint density at radius 3 is 2.32 bits per heavy atom. The molecule has 1 aromatic rings. The Bertz CT molecular complexity index is 771. The summed E-state index contributed by atoms with van der Waals surface area (Å²) < 4.78 is 41.0. The fourth-order valence-electron chi connectivity index (χ4n) is 5.25. The van der Waals surface area contributed by atoms with Gasteiger partial charge in [-0.05, 0) is 42.7 Å². The van der Waals surface area contributed by atoms with Gasteiger partial charge in [0.1, 0.15) is 5.69 Å². The summed E-state index contributed by atoms with van der Waals surface area (Å²) >= 11 is 0. The van der Waals surface area contributed by atoms with Gasteiger partial charge in [-0.1, -0.05) is 33.6 Å². The van der Waals surface area contributed by atoms with Gasteiger partial charge in [0.25, 0.3) is 5.91 Å². The van der Waals surface area contributed by atoms with Crippen molar-refractivity contribution < 1.29 is 18.0 Å². The van der Waals surface area contributed by atoms with Crippen LogP contribution >= 0.6 is 0 Å². The summed E-state index contributed by atoms with van der Waals surface area (Å²) in [6.45, 7) is 9.51. The largest absolute Gasteiger partial charge is 0.435 e. The van der Waals surface area contributed by atoms with E-state index in [-0.39, 0.29) is 11.4 Å². The highest BCUT2D eigenvalue weighted by Crippen LogP contribution is 2.45. The zero-order valence-electron chi connectivity index (χ0n) is 19.1. The number of amides is 1. The van der Waals surface area contributed by atoms with Crippen LogP contribution in [0.4, 0.5) is 18.9 Å². The Balaban J connectivity index is 1.68. The van der Waals surface area contributed by atoms with Crippen molar-refractivity contribution in [2.24, 2.45) is 11.3 Å². The van der Waals surface area contributed by atoms with Crippen molar-refractivity contribution in [3.8, 4) is 0 Å². The zero-order valence-corrected chi connectivity index (χ0v) is 19.1. The van der Waals surface area contributed by atoms with E-state index in [2.05, 4.69) is 36.0 Å². The SMILES string of the molecule is CCC(C)(CC)C1CCC(N2CCN(c3ccc(C(=O)NC)nc3C(F)(F)F)CC2)C1. The van der Waals surface area contributed by atoms with Gasteiger partial charge < -0.3 is 10.2 Å². The van der Waals surface area contributed by atoms with Crippen molar-refractivity contribution >= 4 is 11.6 Å². The van der Waals surface area contributed by atoms with Gasteiger partial charge >= 0.3 is 6.18 Å². The van der Waals surface area contributed by atoms with E-state index in [0.29, 0.717) is 24.5 Å². The van der Waals surface area contributed by atoms with E-state index in [1.54, 1.807) is 4.90 Å². The molecule has 1 amide bonds. The molecule has 2 atom stereocenters. The Labute approximate surface area is 183 Å². The first kappa shape index (κ1) is 23.8. The third kappa shape index (κ3) is 4.99. The summed E-state index contributed by atoms with van der Waals surface area (Å²) in [6, 6.07) is 3.28. The van der Waals surface area contributed by atoms with Crippen LogP contribution in [-0.2, 0) is 6.18 Å². The first-order valence-electron chi connectivity index (χ1n) is 11.4. The molecule has 2 heterocycles. The van der Waals surface area contributed by atoms with Crippen LogP contribution in [0.3, 0.4) is 0 Å². The lowest BCUT2D eigenvalue weighted by Crippen LogP contribution is -2.50. The lowest BCUT2D eigenvalue weighted by molar-refractivity contribution is -0.140. The molecule has 0 radical (unpaired) electrons. The topological polar surface area (TPSA) is 48.5 Å². The third-order valence-corrected chi connectivity index (χ3v) is 7.78. The fraction of sp³-hybridized carbons (Fsp3) is 0.739. The van der Waals surface area contributed by atoms with Gasteiger partial charge in [-0.2, -0.15) is 13.2 Å². The molecule has 2 aliphatic rings. The van der Waals surface area contributed by atoms with Crippen molar-refractivity contribution in [2.75, 3.05) is 38.1 Å². The number of halogens is 3. The molecule has 174 valence electrons. The number of hydrogen-bond donors (Lipinski definition) is 1. The van der Waals surface area contributed by atoms with Gasteiger partial charge in [-0.3, -0.25) is 9.69 Å². The number of carbonyl (C=O) groups is 1. The third-order valence-electron chi connectivity index (χ3n) is 7.78. The zero-order chi connectivity index (χ0) is 22.8. The molecule has 0 aromatic carbocycles. The number of carbonyl (C=O) groups excluding carboxylic acids is 1. The molecule has 1 saturated heterocycles. The minimum absolute atomic E-state index is 0.0636. The Morgan fingerprint density at radius 1 is 1.13 bits per heavy atom. The quantitative estimate of drug-likeness (QED) is 0.704. The minimum atomic E-state index is -4.61. The summed E-state index contributed by atoms with van der Waals surface area (Å²) in [5.41, 5.74) is -0.751. The number of alkyl halides is 3. The molecule has 0 spiro atoms. The average molecular weight is 441 g/mol. The standard InChI is InChI=1S/C23H35F3N4O/c1-5-22(3,6-2)16-7-8-17(15-16)29-11-13-30(14-12-29)19-10-9-18(21(31)27-4)28-20(19)23(24,25)26/h9-10,16-17H,5-8,11-15H2,1-4H3,(H,27,31). The summed E-state index contributed by atoms with van der Waals surface area (Å²) in [5.74, 6) is 0.104. The fourth-order valence-corrected chi connectivity index (χ4v) is 5.25. The first-order chi connectivity index (χ1) is 14.6. The molecule has 5 nitrogen and oxygen atoms in total.